The van der Waals surface area contributed by atoms with E-state index in [0.717, 1.165) is 30.0 Å². The molecule has 25 heavy (non-hydrogen) atoms. The summed E-state index contributed by atoms with van der Waals surface area (Å²) >= 11 is 11.7. The molecule has 4 nitrogen and oxygen atoms in total. The van der Waals surface area contributed by atoms with E-state index in [4.69, 9.17) is 23.2 Å². The Morgan fingerprint density at radius 1 is 1.40 bits per heavy atom. The van der Waals surface area contributed by atoms with Gasteiger partial charge in [0.05, 0.1) is 21.8 Å². The molecule has 2 amide bonds. The van der Waals surface area contributed by atoms with E-state index in [1.807, 2.05) is 26.1 Å². The van der Waals surface area contributed by atoms with Crippen molar-refractivity contribution in [2.45, 2.75) is 38.8 Å². The molecule has 1 aromatic carbocycles. The SMILES string of the molecule is CCC1Cc2cnccc2C(C)N1C(=O)Nc1cc(Cl)c(Cl)cc1F. The maximum absolute atomic E-state index is 14.1. The quantitative estimate of drug-likeness (QED) is 0.702. The molecule has 1 aliphatic heterocycles. The lowest BCUT2D eigenvalue weighted by molar-refractivity contribution is 0.148. The van der Waals surface area contributed by atoms with E-state index in [1.165, 1.54) is 6.07 Å². The van der Waals surface area contributed by atoms with Gasteiger partial charge in [-0.1, -0.05) is 30.1 Å². The zero-order valence-corrected chi connectivity index (χ0v) is 15.4. The van der Waals surface area contributed by atoms with Gasteiger partial charge in [-0.15, -0.1) is 0 Å². The van der Waals surface area contributed by atoms with Crippen LogP contribution in [0.1, 0.15) is 37.4 Å². The Bertz CT molecular complexity index is 815. The second-order valence-electron chi connectivity index (χ2n) is 6.10. The van der Waals surface area contributed by atoms with Crippen molar-refractivity contribution in [2.24, 2.45) is 0 Å². The Morgan fingerprint density at radius 2 is 2.12 bits per heavy atom. The number of benzene rings is 1. The molecular weight excluding hydrogens is 364 g/mol. The van der Waals surface area contributed by atoms with Crippen LogP contribution in [0.4, 0.5) is 14.9 Å². The van der Waals surface area contributed by atoms with Gasteiger partial charge in [-0.05, 0) is 49.1 Å². The van der Waals surface area contributed by atoms with Gasteiger partial charge in [0.15, 0.2) is 0 Å². The van der Waals surface area contributed by atoms with Crippen LogP contribution in [-0.2, 0) is 6.42 Å². The molecular formula is C18H18Cl2FN3O. The lowest BCUT2D eigenvalue weighted by Crippen LogP contribution is -2.48. The van der Waals surface area contributed by atoms with Crippen molar-refractivity contribution >= 4 is 34.9 Å². The monoisotopic (exact) mass is 381 g/mol. The van der Waals surface area contributed by atoms with Gasteiger partial charge in [0.1, 0.15) is 5.82 Å². The first kappa shape index (κ1) is 18.0. The van der Waals surface area contributed by atoms with Crippen LogP contribution in [0.25, 0.3) is 0 Å². The summed E-state index contributed by atoms with van der Waals surface area (Å²) in [5, 5.41) is 2.92. The van der Waals surface area contributed by atoms with Crippen LogP contribution in [0, 0.1) is 5.82 Å². The third-order valence-electron chi connectivity index (χ3n) is 4.61. The Labute approximate surface area is 156 Å². The largest absolute Gasteiger partial charge is 0.322 e. The first-order valence-electron chi connectivity index (χ1n) is 8.09. The lowest BCUT2D eigenvalue weighted by Gasteiger charge is -2.41. The summed E-state index contributed by atoms with van der Waals surface area (Å²) in [6.45, 7) is 3.99. The molecule has 0 radical (unpaired) electrons. The summed E-state index contributed by atoms with van der Waals surface area (Å²) in [5.41, 5.74) is 2.22. The van der Waals surface area contributed by atoms with Gasteiger partial charge in [-0.3, -0.25) is 4.98 Å². The predicted octanol–water partition coefficient (Wildman–Crippen LogP) is 5.46. The zero-order valence-electron chi connectivity index (χ0n) is 13.9. The number of carbonyl (C=O) groups excluding carboxylic acids is 1. The number of carbonyl (C=O) groups is 1. The van der Waals surface area contributed by atoms with Crippen LogP contribution in [0.2, 0.25) is 10.0 Å². The summed E-state index contributed by atoms with van der Waals surface area (Å²) in [6, 6.07) is 3.85. The number of amides is 2. The van der Waals surface area contributed by atoms with Gasteiger partial charge >= 0.3 is 6.03 Å². The molecule has 2 heterocycles. The van der Waals surface area contributed by atoms with Crippen LogP contribution < -0.4 is 5.32 Å². The number of nitrogens with one attached hydrogen (secondary N) is 1. The van der Waals surface area contributed by atoms with Crippen molar-refractivity contribution in [3.8, 4) is 0 Å². The summed E-state index contributed by atoms with van der Waals surface area (Å²) in [5.74, 6) is -0.620. The van der Waals surface area contributed by atoms with Gasteiger partial charge in [0, 0.05) is 18.4 Å². The minimum Gasteiger partial charge on any atom is -0.314 e. The number of hydrogen-bond acceptors (Lipinski definition) is 2. The molecule has 7 heteroatoms. The molecule has 2 atom stereocenters. The number of anilines is 1. The molecule has 0 bridgehead atoms. The highest BCUT2D eigenvalue weighted by atomic mass is 35.5. The molecule has 0 spiro atoms. The number of pyridine rings is 1. The Hall–Kier alpha value is -1.85. The molecule has 1 N–H and O–H groups in total. The van der Waals surface area contributed by atoms with E-state index < -0.39 is 5.82 Å². The molecule has 2 unspecified atom stereocenters. The van der Waals surface area contributed by atoms with Gasteiger partial charge in [0.2, 0.25) is 0 Å². The fourth-order valence-corrected chi connectivity index (χ4v) is 3.63. The minimum atomic E-state index is -0.620. The van der Waals surface area contributed by atoms with E-state index in [2.05, 4.69) is 10.3 Å². The minimum absolute atomic E-state index is 0.0116. The molecule has 132 valence electrons. The number of rotatable bonds is 2. The van der Waals surface area contributed by atoms with Gasteiger partial charge in [0.25, 0.3) is 0 Å². The summed E-state index contributed by atoms with van der Waals surface area (Å²) in [4.78, 5) is 18.8. The average Bonchev–Trinajstić information content (AvgIpc) is 2.59. The first-order valence-corrected chi connectivity index (χ1v) is 8.84. The van der Waals surface area contributed by atoms with Gasteiger partial charge in [-0.25, -0.2) is 9.18 Å². The fraction of sp³-hybridized carbons (Fsp3) is 0.333. The third-order valence-corrected chi connectivity index (χ3v) is 5.34. The standard InChI is InChI=1S/C18H18Cl2FN3O/c1-3-12-6-11-9-22-5-4-13(11)10(2)24(12)18(25)23-17-8-15(20)14(19)7-16(17)21/h4-5,7-10,12H,3,6H2,1-2H3,(H,23,25). The highest BCUT2D eigenvalue weighted by molar-refractivity contribution is 6.42. The van der Waals surface area contributed by atoms with Crippen molar-refractivity contribution in [2.75, 3.05) is 5.32 Å². The smallest absolute Gasteiger partial charge is 0.314 e. The fourth-order valence-electron chi connectivity index (χ4n) is 3.32. The Balaban J connectivity index is 1.89. The summed E-state index contributed by atoms with van der Waals surface area (Å²) < 4.78 is 14.1. The molecule has 0 aliphatic carbocycles. The van der Waals surface area contributed by atoms with Crippen molar-refractivity contribution in [1.29, 1.82) is 0 Å². The third kappa shape index (κ3) is 3.44. The second-order valence-corrected chi connectivity index (χ2v) is 6.91. The van der Waals surface area contributed by atoms with Crippen LogP contribution in [0.15, 0.2) is 30.6 Å². The molecule has 2 aromatic rings. The van der Waals surface area contributed by atoms with Crippen LogP contribution in [0.5, 0.6) is 0 Å². The molecule has 1 aliphatic rings. The molecule has 1 aromatic heterocycles. The van der Waals surface area contributed by atoms with E-state index in [1.54, 1.807) is 11.1 Å². The van der Waals surface area contributed by atoms with Crippen LogP contribution in [0.3, 0.4) is 0 Å². The average molecular weight is 382 g/mol. The number of urea groups is 1. The Kier molecular flexibility index (Phi) is 5.16. The number of halogens is 3. The Morgan fingerprint density at radius 3 is 2.84 bits per heavy atom. The molecule has 3 rings (SSSR count). The normalized spacial score (nSPS) is 19.5. The lowest BCUT2D eigenvalue weighted by atomic mass is 9.89. The maximum Gasteiger partial charge on any atom is 0.322 e. The second kappa shape index (κ2) is 7.18. The van der Waals surface area contributed by atoms with Gasteiger partial charge < -0.3 is 10.2 Å². The topological polar surface area (TPSA) is 45.2 Å². The zero-order chi connectivity index (χ0) is 18.1. The number of nitrogens with zero attached hydrogens (tertiary/aromatic N) is 2. The van der Waals surface area contributed by atoms with E-state index in [9.17, 15) is 9.18 Å². The van der Waals surface area contributed by atoms with E-state index in [-0.39, 0.29) is 33.8 Å². The van der Waals surface area contributed by atoms with Crippen molar-refractivity contribution in [3.05, 3.63) is 57.6 Å². The van der Waals surface area contributed by atoms with Crippen molar-refractivity contribution in [3.63, 3.8) is 0 Å². The molecule has 0 fully saturated rings. The number of hydrogen-bond donors (Lipinski definition) is 1. The highest BCUT2D eigenvalue weighted by Crippen LogP contribution is 2.35. The number of fused-ring (bicyclic) bond motifs is 1. The summed E-state index contributed by atoms with van der Waals surface area (Å²) in [7, 11) is 0. The summed E-state index contributed by atoms with van der Waals surface area (Å²) in [6.07, 6.45) is 5.08. The van der Waals surface area contributed by atoms with E-state index >= 15 is 0 Å². The van der Waals surface area contributed by atoms with E-state index in [0.29, 0.717) is 0 Å². The van der Waals surface area contributed by atoms with Crippen LogP contribution in [-0.4, -0.2) is 22.0 Å². The highest BCUT2D eigenvalue weighted by Gasteiger charge is 2.34. The molecule has 0 saturated carbocycles. The number of aromatic nitrogens is 1. The van der Waals surface area contributed by atoms with Crippen molar-refractivity contribution in [1.82, 2.24) is 9.88 Å². The predicted molar refractivity (Wildman–Crippen MR) is 97.7 cm³/mol. The van der Waals surface area contributed by atoms with Crippen molar-refractivity contribution < 1.29 is 9.18 Å². The maximum atomic E-state index is 14.1. The molecule has 0 saturated heterocycles. The van der Waals surface area contributed by atoms with Gasteiger partial charge in [-0.2, -0.15) is 0 Å². The first-order chi connectivity index (χ1) is 11.9. The van der Waals surface area contributed by atoms with Crippen LogP contribution >= 0.6 is 23.2 Å².